The number of aromatic nitrogens is 2. The largest absolute Gasteiger partial charge is 0.352 e. The van der Waals surface area contributed by atoms with Crippen LogP contribution in [0.5, 0.6) is 0 Å². The van der Waals surface area contributed by atoms with Crippen molar-refractivity contribution in [1.82, 2.24) is 20.2 Å². The number of hydrogen-bond acceptors (Lipinski definition) is 5. The van der Waals surface area contributed by atoms with E-state index in [9.17, 15) is 14.4 Å². The number of rotatable bonds is 7. The second-order valence-corrected chi connectivity index (χ2v) is 7.55. The van der Waals surface area contributed by atoms with Crippen LogP contribution in [0.4, 0.5) is 0 Å². The number of para-hydroxylation sites is 1. The molecule has 1 heterocycles. The maximum absolute atomic E-state index is 12.7. The third kappa shape index (κ3) is 4.43. The molecule has 1 aliphatic rings. The standard InChI is InChI=1S/C18H22N4O3S/c1-11(2)20-15(23)9-19-16(24)10-26-18-21-14-6-4-3-5-13(14)17(25)22(18)12-7-8-12/h3-6,11-12H,7-10H2,1-2H3,(H,19,24)(H,20,23). The summed E-state index contributed by atoms with van der Waals surface area (Å²) in [7, 11) is 0. The van der Waals surface area contributed by atoms with Gasteiger partial charge in [-0.1, -0.05) is 23.9 Å². The van der Waals surface area contributed by atoms with Crippen LogP contribution >= 0.6 is 11.8 Å². The molecule has 0 radical (unpaired) electrons. The summed E-state index contributed by atoms with van der Waals surface area (Å²) in [4.78, 5) is 40.9. The van der Waals surface area contributed by atoms with E-state index in [0.717, 1.165) is 12.8 Å². The Labute approximate surface area is 155 Å². The predicted octanol–water partition coefficient (Wildman–Crippen LogP) is 1.46. The molecule has 1 aromatic carbocycles. The van der Waals surface area contributed by atoms with Crippen LogP contribution in [0.15, 0.2) is 34.2 Å². The number of nitrogens with zero attached hydrogens (tertiary/aromatic N) is 2. The van der Waals surface area contributed by atoms with Crippen LogP contribution in [0.2, 0.25) is 0 Å². The number of thioether (sulfide) groups is 1. The minimum absolute atomic E-state index is 0.0311. The van der Waals surface area contributed by atoms with Crippen molar-refractivity contribution in [3.05, 3.63) is 34.6 Å². The van der Waals surface area contributed by atoms with Crippen LogP contribution in [0.3, 0.4) is 0 Å². The highest BCUT2D eigenvalue weighted by atomic mass is 32.2. The Hall–Kier alpha value is -2.35. The number of amides is 2. The van der Waals surface area contributed by atoms with Gasteiger partial charge in [-0.15, -0.1) is 0 Å². The highest BCUT2D eigenvalue weighted by Crippen LogP contribution is 2.36. The minimum Gasteiger partial charge on any atom is -0.352 e. The summed E-state index contributed by atoms with van der Waals surface area (Å²) in [6.45, 7) is 3.66. The van der Waals surface area contributed by atoms with E-state index in [1.54, 1.807) is 16.7 Å². The zero-order valence-corrected chi connectivity index (χ0v) is 15.6. The van der Waals surface area contributed by atoms with Crippen LogP contribution < -0.4 is 16.2 Å². The fourth-order valence-corrected chi connectivity index (χ4v) is 3.51. The first kappa shape index (κ1) is 18.4. The third-order valence-electron chi connectivity index (χ3n) is 3.92. The zero-order chi connectivity index (χ0) is 18.7. The molecule has 0 aliphatic heterocycles. The molecule has 0 bridgehead atoms. The molecule has 1 aliphatic carbocycles. The van der Waals surface area contributed by atoms with Gasteiger partial charge in [-0.25, -0.2) is 4.98 Å². The summed E-state index contributed by atoms with van der Waals surface area (Å²) in [5, 5.41) is 6.45. The quantitative estimate of drug-likeness (QED) is 0.565. The van der Waals surface area contributed by atoms with E-state index in [1.165, 1.54) is 11.8 Å². The smallest absolute Gasteiger partial charge is 0.262 e. The van der Waals surface area contributed by atoms with Crippen molar-refractivity contribution in [2.45, 2.75) is 43.9 Å². The lowest BCUT2D eigenvalue weighted by molar-refractivity contribution is -0.125. The Morgan fingerprint density at radius 2 is 2.00 bits per heavy atom. The van der Waals surface area contributed by atoms with Gasteiger partial charge in [0.05, 0.1) is 23.2 Å². The predicted molar refractivity (Wildman–Crippen MR) is 101 cm³/mol. The highest BCUT2D eigenvalue weighted by Gasteiger charge is 2.28. The molecule has 1 aromatic heterocycles. The molecule has 26 heavy (non-hydrogen) atoms. The molecule has 1 saturated carbocycles. The van der Waals surface area contributed by atoms with Gasteiger partial charge < -0.3 is 10.6 Å². The Morgan fingerprint density at radius 1 is 1.27 bits per heavy atom. The van der Waals surface area contributed by atoms with Gasteiger partial charge in [-0.2, -0.15) is 0 Å². The first-order valence-electron chi connectivity index (χ1n) is 8.66. The minimum atomic E-state index is -0.265. The van der Waals surface area contributed by atoms with Crippen LogP contribution in [0.25, 0.3) is 10.9 Å². The summed E-state index contributed by atoms with van der Waals surface area (Å²) in [6, 6.07) is 7.44. The molecule has 1 fully saturated rings. The summed E-state index contributed by atoms with van der Waals surface area (Å²) in [6.07, 6.45) is 1.91. The lowest BCUT2D eigenvalue weighted by atomic mass is 10.2. The van der Waals surface area contributed by atoms with Crippen molar-refractivity contribution in [3.8, 4) is 0 Å². The Morgan fingerprint density at radius 3 is 2.69 bits per heavy atom. The molecule has 2 amide bonds. The monoisotopic (exact) mass is 374 g/mol. The van der Waals surface area contributed by atoms with E-state index in [1.807, 2.05) is 26.0 Å². The van der Waals surface area contributed by atoms with Gasteiger partial charge in [0.15, 0.2) is 5.16 Å². The lowest BCUT2D eigenvalue weighted by Crippen LogP contribution is -2.40. The van der Waals surface area contributed by atoms with E-state index < -0.39 is 0 Å². The van der Waals surface area contributed by atoms with E-state index in [0.29, 0.717) is 16.1 Å². The summed E-state index contributed by atoms with van der Waals surface area (Å²) in [5.41, 5.74) is 0.575. The van der Waals surface area contributed by atoms with Crippen molar-refractivity contribution in [1.29, 1.82) is 0 Å². The second-order valence-electron chi connectivity index (χ2n) is 6.61. The van der Waals surface area contributed by atoms with Crippen molar-refractivity contribution in [2.24, 2.45) is 0 Å². The number of carbonyl (C=O) groups is 2. The van der Waals surface area contributed by atoms with Crippen molar-refractivity contribution in [2.75, 3.05) is 12.3 Å². The summed E-state index contributed by atoms with van der Waals surface area (Å²) < 4.78 is 1.70. The second kappa shape index (κ2) is 7.90. The molecule has 2 aromatic rings. The Kier molecular flexibility index (Phi) is 5.61. The Balaban J connectivity index is 1.69. The molecule has 0 atom stereocenters. The number of benzene rings is 1. The Bertz CT molecular complexity index is 890. The molecular formula is C18H22N4O3S. The average molecular weight is 374 g/mol. The fraction of sp³-hybridized carbons (Fsp3) is 0.444. The number of fused-ring (bicyclic) bond motifs is 1. The maximum Gasteiger partial charge on any atom is 0.262 e. The molecule has 3 rings (SSSR count). The molecule has 2 N–H and O–H groups in total. The van der Waals surface area contributed by atoms with Gasteiger partial charge in [0, 0.05) is 12.1 Å². The molecule has 0 spiro atoms. The van der Waals surface area contributed by atoms with E-state index in [2.05, 4.69) is 15.6 Å². The lowest BCUT2D eigenvalue weighted by Gasteiger charge is -2.12. The average Bonchev–Trinajstić information content (AvgIpc) is 3.42. The molecule has 0 unspecified atom stereocenters. The van der Waals surface area contributed by atoms with Gasteiger partial charge >= 0.3 is 0 Å². The molecule has 7 nitrogen and oxygen atoms in total. The summed E-state index contributed by atoms with van der Waals surface area (Å²) in [5.74, 6) is -0.386. The molecular weight excluding hydrogens is 352 g/mol. The van der Waals surface area contributed by atoms with Gasteiger partial charge in [0.25, 0.3) is 5.56 Å². The van der Waals surface area contributed by atoms with Crippen LogP contribution in [0, 0.1) is 0 Å². The maximum atomic E-state index is 12.7. The van der Waals surface area contributed by atoms with Crippen LogP contribution in [0.1, 0.15) is 32.7 Å². The zero-order valence-electron chi connectivity index (χ0n) is 14.8. The normalized spacial score (nSPS) is 13.8. The van der Waals surface area contributed by atoms with Gasteiger partial charge in [-0.3, -0.25) is 19.0 Å². The van der Waals surface area contributed by atoms with Crippen LogP contribution in [-0.2, 0) is 9.59 Å². The van der Waals surface area contributed by atoms with E-state index >= 15 is 0 Å². The number of nitrogens with one attached hydrogen (secondary N) is 2. The molecule has 0 saturated heterocycles. The van der Waals surface area contributed by atoms with Crippen LogP contribution in [-0.4, -0.2) is 39.7 Å². The third-order valence-corrected chi connectivity index (χ3v) is 4.87. The highest BCUT2D eigenvalue weighted by molar-refractivity contribution is 7.99. The SMILES string of the molecule is CC(C)NC(=O)CNC(=O)CSc1nc2ccccc2c(=O)n1C1CC1. The van der Waals surface area contributed by atoms with E-state index in [4.69, 9.17) is 0 Å². The van der Waals surface area contributed by atoms with Crippen molar-refractivity contribution < 1.29 is 9.59 Å². The van der Waals surface area contributed by atoms with Gasteiger partial charge in [-0.05, 0) is 38.8 Å². The fourth-order valence-electron chi connectivity index (χ4n) is 2.62. The number of hydrogen-bond donors (Lipinski definition) is 2. The molecule has 8 heteroatoms. The number of carbonyl (C=O) groups excluding carboxylic acids is 2. The molecule has 138 valence electrons. The van der Waals surface area contributed by atoms with Crippen molar-refractivity contribution in [3.63, 3.8) is 0 Å². The first-order valence-corrected chi connectivity index (χ1v) is 9.64. The van der Waals surface area contributed by atoms with Crippen molar-refractivity contribution >= 4 is 34.5 Å². The first-order chi connectivity index (χ1) is 12.5. The van der Waals surface area contributed by atoms with Gasteiger partial charge in [0.1, 0.15) is 0 Å². The topological polar surface area (TPSA) is 93.1 Å². The van der Waals surface area contributed by atoms with Gasteiger partial charge in [0.2, 0.25) is 11.8 Å². The summed E-state index contributed by atoms with van der Waals surface area (Å²) >= 11 is 1.23. The van der Waals surface area contributed by atoms with E-state index in [-0.39, 0.29) is 41.8 Å².